The summed E-state index contributed by atoms with van der Waals surface area (Å²) in [4.78, 5) is 0. The predicted octanol–water partition coefficient (Wildman–Crippen LogP) is 11.2. The third kappa shape index (κ3) is 2.94. The van der Waals surface area contributed by atoms with E-state index < -0.39 is 0 Å². The molecule has 0 aliphatic rings. The Bertz CT molecular complexity index is 2350. The van der Waals surface area contributed by atoms with Gasteiger partial charge in [0.05, 0.1) is 16.7 Å². The fourth-order valence-corrected chi connectivity index (χ4v) is 8.79. The van der Waals surface area contributed by atoms with Gasteiger partial charge in [-0.3, -0.25) is 0 Å². The quantitative estimate of drug-likeness (QED) is 0.209. The molecule has 0 spiro atoms. The normalized spacial score (nSPS) is 12.1. The molecule has 0 unspecified atom stereocenters. The Kier molecular flexibility index (Phi) is 4.43. The summed E-state index contributed by atoms with van der Waals surface area (Å²) in [5, 5.41) is 7.94. The number of aromatic nitrogens is 1. The molecule has 0 saturated carbocycles. The Hall–Kier alpha value is -4.44. The standard InChI is InChI=1S/C36H21NS2/c1-4-16-28-22(10-1)23-11-2-5-17-29(23)37(28)30-18-9-21-33-35(30)27-15-7-14-25(36(27)39-33)24-13-8-20-32-34(24)26-12-3-6-19-31(26)38-32/h1-21H. The van der Waals surface area contributed by atoms with Crippen LogP contribution < -0.4 is 0 Å². The smallest absolute Gasteiger partial charge is 0.0555 e. The molecule has 3 aromatic heterocycles. The maximum absolute atomic E-state index is 2.46. The highest BCUT2D eigenvalue weighted by Crippen LogP contribution is 2.47. The molecule has 3 heteroatoms. The van der Waals surface area contributed by atoms with Crippen molar-refractivity contribution in [3.05, 3.63) is 127 Å². The summed E-state index contributed by atoms with van der Waals surface area (Å²) >= 11 is 3.80. The second kappa shape index (κ2) is 8.03. The molecule has 9 rings (SSSR count). The van der Waals surface area contributed by atoms with Gasteiger partial charge in [-0.15, -0.1) is 22.7 Å². The van der Waals surface area contributed by atoms with Gasteiger partial charge in [0.1, 0.15) is 0 Å². The molecule has 3 heterocycles. The van der Waals surface area contributed by atoms with E-state index in [9.17, 15) is 0 Å². The summed E-state index contributed by atoms with van der Waals surface area (Å²) in [7, 11) is 0. The van der Waals surface area contributed by atoms with Crippen molar-refractivity contribution in [2.75, 3.05) is 0 Å². The molecular weight excluding hydrogens is 511 g/mol. The van der Waals surface area contributed by atoms with Crippen LogP contribution in [0.1, 0.15) is 0 Å². The van der Waals surface area contributed by atoms with Crippen molar-refractivity contribution in [1.82, 2.24) is 4.57 Å². The zero-order valence-electron chi connectivity index (χ0n) is 20.9. The van der Waals surface area contributed by atoms with E-state index in [0.29, 0.717) is 0 Å². The number of benzene rings is 6. The number of thiophene rings is 2. The number of para-hydroxylation sites is 2. The number of hydrogen-bond acceptors (Lipinski definition) is 2. The van der Waals surface area contributed by atoms with Crippen LogP contribution in [-0.2, 0) is 0 Å². The first-order valence-corrected chi connectivity index (χ1v) is 14.8. The minimum absolute atomic E-state index is 1.24. The molecule has 182 valence electrons. The average molecular weight is 532 g/mol. The van der Waals surface area contributed by atoms with Crippen LogP contribution >= 0.6 is 22.7 Å². The van der Waals surface area contributed by atoms with Crippen LogP contribution in [0.15, 0.2) is 127 Å². The first kappa shape index (κ1) is 21.5. The molecule has 0 fully saturated rings. The molecular formula is C36H21NS2. The van der Waals surface area contributed by atoms with Crippen molar-refractivity contribution in [1.29, 1.82) is 0 Å². The summed E-state index contributed by atoms with van der Waals surface area (Å²) in [6, 6.07) is 46.7. The first-order valence-electron chi connectivity index (χ1n) is 13.2. The van der Waals surface area contributed by atoms with Crippen LogP contribution in [0, 0.1) is 0 Å². The van der Waals surface area contributed by atoms with Crippen molar-refractivity contribution < 1.29 is 0 Å². The van der Waals surface area contributed by atoms with Gasteiger partial charge in [-0.2, -0.15) is 0 Å². The fourth-order valence-electron chi connectivity index (χ4n) is 6.41. The van der Waals surface area contributed by atoms with E-state index in [-0.39, 0.29) is 0 Å². The summed E-state index contributed by atoms with van der Waals surface area (Å²) in [5.74, 6) is 0. The molecule has 0 atom stereocenters. The zero-order valence-corrected chi connectivity index (χ0v) is 22.5. The van der Waals surface area contributed by atoms with Crippen molar-refractivity contribution in [3.8, 4) is 16.8 Å². The predicted molar refractivity (Wildman–Crippen MR) is 172 cm³/mol. The number of hydrogen-bond donors (Lipinski definition) is 0. The Morgan fingerprint density at radius 2 is 0.949 bits per heavy atom. The summed E-state index contributed by atoms with van der Waals surface area (Å²) in [6.07, 6.45) is 0. The Labute approximate surface area is 232 Å². The van der Waals surface area contributed by atoms with Gasteiger partial charge in [0.25, 0.3) is 0 Å². The van der Waals surface area contributed by atoms with Gasteiger partial charge in [0.15, 0.2) is 0 Å². The van der Waals surface area contributed by atoms with Gasteiger partial charge < -0.3 is 4.57 Å². The van der Waals surface area contributed by atoms with E-state index in [1.807, 2.05) is 22.7 Å². The molecule has 9 aromatic rings. The number of fused-ring (bicyclic) bond motifs is 9. The second-order valence-electron chi connectivity index (χ2n) is 10.1. The fraction of sp³-hybridized carbons (Fsp3) is 0. The summed E-state index contributed by atoms with van der Waals surface area (Å²) in [6.45, 7) is 0. The lowest BCUT2D eigenvalue weighted by Crippen LogP contribution is -1.94. The highest BCUT2D eigenvalue weighted by atomic mass is 32.1. The van der Waals surface area contributed by atoms with Crippen LogP contribution in [0.2, 0.25) is 0 Å². The molecule has 39 heavy (non-hydrogen) atoms. The molecule has 1 nitrogen and oxygen atoms in total. The summed E-state index contributed by atoms with van der Waals surface area (Å²) in [5.41, 5.74) is 6.37. The molecule has 0 aliphatic heterocycles. The largest absolute Gasteiger partial charge is 0.309 e. The van der Waals surface area contributed by atoms with E-state index in [1.165, 1.54) is 79.0 Å². The van der Waals surface area contributed by atoms with Crippen LogP contribution in [0.5, 0.6) is 0 Å². The third-order valence-corrected chi connectivity index (χ3v) is 10.4. The van der Waals surface area contributed by atoms with Crippen LogP contribution in [-0.4, -0.2) is 4.57 Å². The Morgan fingerprint density at radius 1 is 0.385 bits per heavy atom. The van der Waals surface area contributed by atoms with E-state index >= 15 is 0 Å². The minimum atomic E-state index is 1.24. The third-order valence-electron chi connectivity index (χ3n) is 8.01. The maximum atomic E-state index is 2.46. The van der Waals surface area contributed by atoms with Gasteiger partial charge in [0, 0.05) is 56.7 Å². The second-order valence-corrected chi connectivity index (χ2v) is 12.2. The lowest BCUT2D eigenvalue weighted by Gasteiger charge is -2.10. The molecule has 0 amide bonds. The van der Waals surface area contributed by atoms with Crippen LogP contribution in [0.25, 0.3) is 79.0 Å². The molecule has 6 aromatic carbocycles. The van der Waals surface area contributed by atoms with Crippen molar-refractivity contribution in [2.24, 2.45) is 0 Å². The van der Waals surface area contributed by atoms with Crippen molar-refractivity contribution in [2.45, 2.75) is 0 Å². The summed E-state index contributed by atoms with van der Waals surface area (Å²) < 4.78 is 7.82. The van der Waals surface area contributed by atoms with E-state index in [0.717, 1.165) is 0 Å². The average Bonchev–Trinajstić information content (AvgIpc) is 3.66. The highest BCUT2D eigenvalue weighted by molar-refractivity contribution is 7.27. The molecule has 0 aliphatic carbocycles. The van der Waals surface area contributed by atoms with E-state index in [2.05, 4.69) is 132 Å². The van der Waals surface area contributed by atoms with Crippen LogP contribution in [0.3, 0.4) is 0 Å². The van der Waals surface area contributed by atoms with Crippen molar-refractivity contribution in [3.63, 3.8) is 0 Å². The molecule has 0 N–H and O–H groups in total. The van der Waals surface area contributed by atoms with E-state index in [4.69, 9.17) is 0 Å². The molecule has 0 bridgehead atoms. The van der Waals surface area contributed by atoms with Crippen LogP contribution in [0.4, 0.5) is 0 Å². The lowest BCUT2D eigenvalue weighted by molar-refractivity contribution is 1.20. The maximum Gasteiger partial charge on any atom is 0.0555 e. The Morgan fingerprint density at radius 3 is 1.74 bits per heavy atom. The number of rotatable bonds is 2. The number of nitrogens with zero attached hydrogens (tertiary/aromatic N) is 1. The van der Waals surface area contributed by atoms with Gasteiger partial charge in [-0.25, -0.2) is 0 Å². The van der Waals surface area contributed by atoms with Gasteiger partial charge in [0.2, 0.25) is 0 Å². The zero-order chi connectivity index (χ0) is 25.5. The lowest BCUT2D eigenvalue weighted by atomic mass is 9.97. The molecule has 0 saturated heterocycles. The highest BCUT2D eigenvalue weighted by Gasteiger charge is 2.19. The monoisotopic (exact) mass is 531 g/mol. The Balaban J connectivity index is 1.40. The topological polar surface area (TPSA) is 4.93 Å². The van der Waals surface area contributed by atoms with Crippen molar-refractivity contribution >= 4 is 84.8 Å². The van der Waals surface area contributed by atoms with Gasteiger partial charge in [-0.05, 0) is 42.0 Å². The van der Waals surface area contributed by atoms with Gasteiger partial charge in [-0.1, -0.05) is 91.0 Å². The molecule has 0 radical (unpaired) electrons. The van der Waals surface area contributed by atoms with Gasteiger partial charge >= 0.3 is 0 Å². The minimum Gasteiger partial charge on any atom is -0.309 e. The van der Waals surface area contributed by atoms with E-state index in [1.54, 1.807) is 0 Å². The SMILES string of the molecule is c1ccc2c(c1)sc1cccc(-c3cccc4c3sc3cccc(-n5c6ccccc6c6ccccc65)c34)c12. The first-order chi connectivity index (χ1) is 19.4.